The molecule has 0 saturated carbocycles. The molecule has 0 N–H and O–H groups in total. The Bertz CT molecular complexity index is 851. The molecule has 2 aromatic carbocycles. The Hall–Kier alpha value is -1.65. The number of ketones is 1. The summed E-state index contributed by atoms with van der Waals surface area (Å²) in [5.74, 6) is 0.267. The summed E-state index contributed by atoms with van der Waals surface area (Å²) in [6.45, 7) is 0. The van der Waals surface area contributed by atoms with Crippen LogP contribution >= 0.6 is 23.1 Å². The van der Waals surface area contributed by atoms with Crippen LogP contribution in [0.4, 0.5) is 4.39 Å². The quantitative estimate of drug-likeness (QED) is 0.589. The van der Waals surface area contributed by atoms with Crippen molar-refractivity contribution in [3.63, 3.8) is 0 Å². The molecule has 0 amide bonds. The SMILES string of the molecule is O=C1c2cc(F)ccc2CSc2c1ccc1ccsc21. The number of halogens is 1. The maximum absolute atomic E-state index is 13.4. The summed E-state index contributed by atoms with van der Waals surface area (Å²) in [4.78, 5) is 13.7. The largest absolute Gasteiger partial charge is 0.289 e. The maximum Gasteiger partial charge on any atom is 0.194 e. The van der Waals surface area contributed by atoms with Crippen molar-refractivity contribution in [2.45, 2.75) is 10.6 Å². The van der Waals surface area contributed by atoms with Crippen molar-refractivity contribution in [2.24, 2.45) is 0 Å². The molecule has 0 bridgehead atoms. The van der Waals surface area contributed by atoms with Gasteiger partial charge in [-0.05, 0) is 40.6 Å². The van der Waals surface area contributed by atoms with Crippen LogP contribution in [0.2, 0.25) is 0 Å². The van der Waals surface area contributed by atoms with Crippen molar-refractivity contribution in [1.29, 1.82) is 0 Å². The zero-order chi connectivity index (χ0) is 13.7. The van der Waals surface area contributed by atoms with Crippen molar-refractivity contribution in [1.82, 2.24) is 0 Å². The molecule has 20 heavy (non-hydrogen) atoms. The van der Waals surface area contributed by atoms with Gasteiger partial charge >= 0.3 is 0 Å². The van der Waals surface area contributed by atoms with E-state index in [1.54, 1.807) is 29.2 Å². The van der Waals surface area contributed by atoms with Gasteiger partial charge in [-0.1, -0.05) is 12.1 Å². The Labute approximate surface area is 123 Å². The molecule has 1 nitrogen and oxygen atoms in total. The minimum atomic E-state index is -0.359. The van der Waals surface area contributed by atoms with Gasteiger partial charge in [0.15, 0.2) is 5.78 Å². The van der Waals surface area contributed by atoms with Crippen LogP contribution in [0.1, 0.15) is 21.5 Å². The lowest BCUT2D eigenvalue weighted by Crippen LogP contribution is -2.04. The van der Waals surface area contributed by atoms with Gasteiger partial charge in [0.2, 0.25) is 0 Å². The molecule has 98 valence electrons. The lowest BCUT2D eigenvalue weighted by Gasteiger charge is -2.05. The molecule has 0 fully saturated rings. The van der Waals surface area contributed by atoms with Gasteiger partial charge in [0, 0.05) is 26.5 Å². The normalized spacial score (nSPS) is 13.9. The standard InChI is InChI=1S/C16H9FOS2/c17-11-3-1-10-8-20-16-12(14(18)13(10)7-11)4-2-9-5-6-19-15(9)16/h1-7H,8H2. The molecule has 1 aliphatic heterocycles. The second-order valence-electron chi connectivity index (χ2n) is 4.70. The average molecular weight is 300 g/mol. The summed E-state index contributed by atoms with van der Waals surface area (Å²) < 4.78 is 14.6. The molecule has 1 aromatic heterocycles. The number of fused-ring (bicyclic) bond motifs is 4. The first kappa shape index (κ1) is 12.1. The van der Waals surface area contributed by atoms with E-state index in [2.05, 4.69) is 6.07 Å². The van der Waals surface area contributed by atoms with E-state index in [-0.39, 0.29) is 11.6 Å². The summed E-state index contributed by atoms with van der Waals surface area (Å²) >= 11 is 3.31. The Morgan fingerprint density at radius 3 is 2.85 bits per heavy atom. The third kappa shape index (κ3) is 1.72. The first-order chi connectivity index (χ1) is 9.74. The topological polar surface area (TPSA) is 17.1 Å². The van der Waals surface area contributed by atoms with Crippen molar-refractivity contribution < 1.29 is 9.18 Å². The van der Waals surface area contributed by atoms with Crippen LogP contribution in [-0.4, -0.2) is 5.78 Å². The molecule has 0 spiro atoms. The molecular formula is C16H9FOS2. The summed E-state index contributed by atoms with van der Waals surface area (Å²) in [6, 6.07) is 10.4. The zero-order valence-corrected chi connectivity index (χ0v) is 12.0. The van der Waals surface area contributed by atoms with E-state index < -0.39 is 0 Å². The van der Waals surface area contributed by atoms with Gasteiger partial charge in [-0.3, -0.25) is 4.79 Å². The van der Waals surface area contributed by atoms with E-state index >= 15 is 0 Å². The molecule has 0 radical (unpaired) electrons. The monoisotopic (exact) mass is 300 g/mol. The van der Waals surface area contributed by atoms with Crippen molar-refractivity contribution in [3.8, 4) is 0 Å². The molecule has 0 saturated heterocycles. The van der Waals surface area contributed by atoms with Crippen LogP contribution < -0.4 is 0 Å². The Kier molecular flexibility index (Phi) is 2.69. The predicted octanol–water partition coefficient (Wildman–Crippen LogP) is 4.88. The molecule has 4 heteroatoms. The number of benzene rings is 2. The van der Waals surface area contributed by atoms with Crippen molar-refractivity contribution >= 4 is 39.0 Å². The first-order valence-electron chi connectivity index (χ1n) is 6.20. The Morgan fingerprint density at radius 2 is 1.95 bits per heavy atom. The highest BCUT2D eigenvalue weighted by atomic mass is 32.2. The molecule has 2 heterocycles. The maximum atomic E-state index is 13.4. The molecular weight excluding hydrogens is 291 g/mol. The van der Waals surface area contributed by atoms with Gasteiger partial charge in [-0.15, -0.1) is 23.1 Å². The van der Waals surface area contributed by atoms with Gasteiger partial charge in [0.25, 0.3) is 0 Å². The number of hydrogen-bond acceptors (Lipinski definition) is 3. The van der Waals surface area contributed by atoms with Gasteiger partial charge < -0.3 is 0 Å². The molecule has 4 rings (SSSR count). The van der Waals surface area contributed by atoms with E-state index in [1.165, 1.54) is 12.1 Å². The summed E-state index contributed by atoms with van der Waals surface area (Å²) in [6.07, 6.45) is 0. The molecule has 0 aliphatic carbocycles. The third-order valence-electron chi connectivity index (χ3n) is 3.51. The van der Waals surface area contributed by atoms with Crippen LogP contribution in [-0.2, 0) is 5.75 Å². The van der Waals surface area contributed by atoms with Gasteiger partial charge in [-0.25, -0.2) is 4.39 Å². The van der Waals surface area contributed by atoms with Crippen LogP contribution in [0.25, 0.3) is 10.1 Å². The Balaban J connectivity index is 2.00. The van der Waals surface area contributed by atoms with Crippen LogP contribution in [0, 0.1) is 5.82 Å². The van der Waals surface area contributed by atoms with E-state index in [0.29, 0.717) is 16.9 Å². The minimum Gasteiger partial charge on any atom is -0.289 e. The fourth-order valence-corrected chi connectivity index (χ4v) is 4.79. The lowest BCUT2D eigenvalue weighted by molar-refractivity contribution is 0.103. The smallest absolute Gasteiger partial charge is 0.194 e. The van der Waals surface area contributed by atoms with Gasteiger partial charge in [-0.2, -0.15) is 0 Å². The van der Waals surface area contributed by atoms with Crippen LogP contribution in [0.3, 0.4) is 0 Å². The van der Waals surface area contributed by atoms with E-state index in [9.17, 15) is 9.18 Å². The van der Waals surface area contributed by atoms with Gasteiger partial charge in [0.05, 0.1) is 0 Å². The highest BCUT2D eigenvalue weighted by molar-refractivity contribution is 7.99. The zero-order valence-electron chi connectivity index (χ0n) is 10.4. The Morgan fingerprint density at radius 1 is 1.05 bits per heavy atom. The van der Waals surface area contributed by atoms with Crippen molar-refractivity contribution in [2.75, 3.05) is 0 Å². The highest BCUT2D eigenvalue weighted by Crippen LogP contribution is 2.40. The number of hydrogen-bond donors (Lipinski definition) is 0. The number of carbonyl (C=O) groups excluding carboxylic acids is 1. The molecule has 0 unspecified atom stereocenters. The average Bonchev–Trinajstić information content (AvgIpc) is 2.88. The highest BCUT2D eigenvalue weighted by Gasteiger charge is 2.23. The third-order valence-corrected chi connectivity index (χ3v) is 5.75. The summed E-state index contributed by atoms with van der Waals surface area (Å²) in [7, 11) is 0. The van der Waals surface area contributed by atoms with E-state index in [0.717, 1.165) is 20.5 Å². The fraction of sp³-hybridized carbons (Fsp3) is 0.0625. The summed E-state index contributed by atoms with van der Waals surface area (Å²) in [5.41, 5.74) is 2.09. The minimum absolute atomic E-state index is 0.0743. The van der Waals surface area contributed by atoms with Crippen molar-refractivity contribution in [3.05, 3.63) is 64.3 Å². The van der Waals surface area contributed by atoms with Crippen LogP contribution in [0.15, 0.2) is 46.7 Å². The number of thiophene rings is 1. The number of carbonyl (C=O) groups is 1. The molecule has 0 atom stereocenters. The number of thioether (sulfide) groups is 1. The fourth-order valence-electron chi connectivity index (χ4n) is 2.51. The molecule has 1 aliphatic rings. The van der Waals surface area contributed by atoms with Crippen LogP contribution in [0.5, 0.6) is 0 Å². The van der Waals surface area contributed by atoms with E-state index in [4.69, 9.17) is 0 Å². The second kappa shape index (κ2) is 4.43. The lowest BCUT2D eigenvalue weighted by atomic mass is 9.98. The number of rotatable bonds is 0. The van der Waals surface area contributed by atoms with E-state index in [1.807, 2.05) is 17.5 Å². The first-order valence-corrected chi connectivity index (χ1v) is 8.07. The molecule has 3 aromatic rings. The predicted molar refractivity (Wildman–Crippen MR) is 81.2 cm³/mol. The summed E-state index contributed by atoms with van der Waals surface area (Å²) in [5, 5.41) is 3.19. The van der Waals surface area contributed by atoms with Gasteiger partial charge in [0.1, 0.15) is 5.82 Å². The second-order valence-corrected chi connectivity index (χ2v) is 6.60.